The third-order valence-electron chi connectivity index (χ3n) is 4.19. The second kappa shape index (κ2) is 4.92. The molecule has 2 fully saturated rings. The standard InChI is InChI=1S/C12H17N9/c13-10-17-11(19-12(18-10)21-7-14-6-15-21)16-8-3-5-20-4-1-2-9(8)20/h6-9H,1-5H2,(H3,13,16,17,18,19). The van der Waals surface area contributed by atoms with Crippen molar-refractivity contribution >= 4 is 11.9 Å². The highest BCUT2D eigenvalue weighted by Gasteiger charge is 2.37. The first kappa shape index (κ1) is 12.5. The SMILES string of the molecule is Nc1nc(NC2CCN3CCCC23)nc(-n2cncn2)n1. The predicted octanol–water partition coefficient (Wildman–Crippen LogP) is -0.317. The van der Waals surface area contributed by atoms with Gasteiger partial charge in [-0.2, -0.15) is 24.7 Å². The minimum atomic E-state index is 0.180. The average molecular weight is 287 g/mol. The molecule has 0 aromatic carbocycles. The monoisotopic (exact) mass is 287 g/mol. The maximum absolute atomic E-state index is 5.77. The molecule has 0 spiro atoms. The maximum Gasteiger partial charge on any atom is 0.258 e. The summed E-state index contributed by atoms with van der Waals surface area (Å²) >= 11 is 0. The molecule has 4 heterocycles. The van der Waals surface area contributed by atoms with E-state index in [0.29, 0.717) is 24.0 Å². The molecule has 0 amide bonds. The van der Waals surface area contributed by atoms with Gasteiger partial charge in [-0.1, -0.05) is 0 Å². The van der Waals surface area contributed by atoms with Crippen LogP contribution in [0, 0.1) is 0 Å². The molecular weight excluding hydrogens is 270 g/mol. The zero-order chi connectivity index (χ0) is 14.2. The first-order valence-corrected chi connectivity index (χ1v) is 7.17. The molecule has 21 heavy (non-hydrogen) atoms. The smallest absolute Gasteiger partial charge is 0.258 e. The Balaban J connectivity index is 1.58. The largest absolute Gasteiger partial charge is 0.368 e. The van der Waals surface area contributed by atoms with E-state index < -0.39 is 0 Å². The van der Waals surface area contributed by atoms with Gasteiger partial charge in [0.05, 0.1) is 0 Å². The van der Waals surface area contributed by atoms with Crippen molar-refractivity contribution in [3.63, 3.8) is 0 Å². The van der Waals surface area contributed by atoms with Crippen molar-refractivity contribution in [3.05, 3.63) is 12.7 Å². The number of rotatable bonds is 3. The summed E-state index contributed by atoms with van der Waals surface area (Å²) in [5.41, 5.74) is 5.77. The van der Waals surface area contributed by atoms with Crippen molar-refractivity contribution in [3.8, 4) is 5.95 Å². The van der Waals surface area contributed by atoms with E-state index in [4.69, 9.17) is 5.73 Å². The van der Waals surface area contributed by atoms with E-state index in [2.05, 4.69) is 35.3 Å². The normalized spacial score (nSPS) is 25.1. The molecule has 9 nitrogen and oxygen atoms in total. The van der Waals surface area contributed by atoms with Gasteiger partial charge in [-0.3, -0.25) is 4.90 Å². The number of hydrogen-bond acceptors (Lipinski definition) is 8. The van der Waals surface area contributed by atoms with Crippen molar-refractivity contribution in [2.75, 3.05) is 24.1 Å². The summed E-state index contributed by atoms with van der Waals surface area (Å²) in [6.45, 7) is 2.34. The van der Waals surface area contributed by atoms with E-state index in [1.807, 2.05) is 0 Å². The molecule has 2 aliphatic rings. The lowest BCUT2D eigenvalue weighted by atomic mass is 10.1. The minimum absolute atomic E-state index is 0.180. The number of hydrogen-bond donors (Lipinski definition) is 2. The van der Waals surface area contributed by atoms with Gasteiger partial charge in [0.25, 0.3) is 5.95 Å². The van der Waals surface area contributed by atoms with Crippen molar-refractivity contribution in [2.24, 2.45) is 0 Å². The summed E-state index contributed by atoms with van der Waals surface area (Å²) in [5, 5.41) is 7.42. The number of anilines is 2. The molecule has 2 atom stereocenters. The van der Waals surface area contributed by atoms with Crippen LogP contribution in [-0.4, -0.2) is 59.8 Å². The van der Waals surface area contributed by atoms with Gasteiger partial charge in [-0.25, -0.2) is 4.98 Å². The number of nitrogens with zero attached hydrogens (tertiary/aromatic N) is 7. The fourth-order valence-corrected chi connectivity index (χ4v) is 3.28. The van der Waals surface area contributed by atoms with Gasteiger partial charge in [0.15, 0.2) is 0 Å². The Labute approximate surface area is 121 Å². The van der Waals surface area contributed by atoms with E-state index in [0.717, 1.165) is 13.0 Å². The highest BCUT2D eigenvalue weighted by molar-refractivity contribution is 5.36. The highest BCUT2D eigenvalue weighted by atomic mass is 15.4. The first-order chi connectivity index (χ1) is 10.3. The van der Waals surface area contributed by atoms with Crippen LogP contribution in [0.3, 0.4) is 0 Å². The number of nitrogens with one attached hydrogen (secondary N) is 1. The Morgan fingerprint density at radius 3 is 3.00 bits per heavy atom. The second-order valence-corrected chi connectivity index (χ2v) is 5.44. The van der Waals surface area contributed by atoms with Crippen LogP contribution in [0.1, 0.15) is 19.3 Å². The molecule has 0 aliphatic carbocycles. The summed E-state index contributed by atoms with van der Waals surface area (Å²) < 4.78 is 1.47. The number of aromatic nitrogens is 6. The quantitative estimate of drug-likeness (QED) is 0.790. The van der Waals surface area contributed by atoms with Crippen molar-refractivity contribution in [1.29, 1.82) is 0 Å². The van der Waals surface area contributed by atoms with Crippen LogP contribution in [0.5, 0.6) is 0 Å². The lowest BCUT2D eigenvalue weighted by Crippen LogP contribution is -2.34. The summed E-state index contributed by atoms with van der Waals surface area (Å²) in [6.07, 6.45) is 6.57. The number of fused-ring (bicyclic) bond motifs is 1. The minimum Gasteiger partial charge on any atom is -0.368 e. The van der Waals surface area contributed by atoms with Gasteiger partial charge < -0.3 is 11.1 Å². The van der Waals surface area contributed by atoms with Crippen LogP contribution in [0.15, 0.2) is 12.7 Å². The van der Waals surface area contributed by atoms with E-state index in [9.17, 15) is 0 Å². The third-order valence-corrected chi connectivity index (χ3v) is 4.19. The maximum atomic E-state index is 5.77. The molecule has 110 valence electrons. The van der Waals surface area contributed by atoms with Crippen molar-refractivity contribution < 1.29 is 0 Å². The van der Waals surface area contributed by atoms with Gasteiger partial charge in [-0.15, -0.1) is 0 Å². The Kier molecular flexibility index (Phi) is 2.92. The van der Waals surface area contributed by atoms with Gasteiger partial charge >= 0.3 is 0 Å². The molecule has 2 aromatic rings. The molecule has 2 saturated heterocycles. The van der Waals surface area contributed by atoms with Crippen molar-refractivity contribution in [1.82, 2.24) is 34.6 Å². The Bertz CT molecular complexity index is 626. The predicted molar refractivity (Wildman–Crippen MR) is 75.8 cm³/mol. The molecule has 0 radical (unpaired) electrons. The zero-order valence-corrected chi connectivity index (χ0v) is 11.6. The first-order valence-electron chi connectivity index (χ1n) is 7.17. The van der Waals surface area contributed by atoms with E-state index >= 15 is 0 Å². The topological polar surface area (TPSA) is 111 Å². The Morgan fingerprint density at radius 1 is 1.19 bits per heavy atom. The summed E-state index contributed by atoms with van der Waals surface area (Å²) in [5.74, 6) is 1.06. The second-order valence-electron chi connectivity index (χ2n) is 5.44. The number of nitrogen functional groups attached to an aromatic ring is 1. The molecule has 2 unspecified atom stereocenters. The summed E-state index contributed by atoms with van der Waals surface area (Å²) in [7, 11) is 0. The summed E-state index contributed by atoms with van der Waals surface area (Å²) in [6, 6.07) is 0.954. The molecule has 0 bridgehead atoms. The number of nitrogens with two attached hydrogens (primary N) is 1. The molecule has 0 saturated carbocycles. The van der Waals surface area contributed by atoms with Gasteiger partial charge in [0, 0.05) is 18.6 Å². The highest BCUT2D eigenvalue weighted by Crippen LogP contribution is 2.29. The zero-order valence-electron chi connectivity index (χ0n) is 11.6. The van der Waals surface area contributed by atoms with Crippen molar-refractivity contribution in [2.45, 2.75) is 31.3 Å². The Hall–Kier alpha value is -2.29. The molecule has 3 N–H and O–H groups in total. The molecule has 4 rings (SSSR count). The molecular formula is C12H17N9. The van der Waals surface area contributed by atoms with Gasteiger partial charge in [-0.05, 0) is 25.8 Å². The lowest BCUT2D eigenvalue weighted by molar-refractivity contribution is 0.318. The fourth-order valence-electron chi connectivity index (χ4n) is 3.28. The summed E-state index contributed by atoms with van der Waals surface area (Å²) in [4.78, 5) is 19.1. The van der Waals surface area contributed by atoms with Crippen LogP contribution >= 0.6 is 0 Å². The van der Waals surface area contributed by atoms with E-state index in [-0.39, 0.29) is 5.95 Å². The van der Waals surface area contributed by atoms with Crippen LogP contribution in [0.2, 0.25) is 0 Å². The lowest BCUT2D eigenvalue weighted by Gasteiger charge is -2.21. The molecule has 2 aliphatic heterocycles. The van der Waals surface area contributed by atoms with E-state index in [1.165, 1.54) is 36.7 Å². The van der Waals surface area contributed by atoms with Gasteiger partial charge in [0.1, 0.15) is 12.7 Å². The van der Waals surface area contributed by atoms with Crippen LogP contribution in [0.4, 0.5) is 11.9 Å². The van der Waals surface area contributed by atoms with Crippen LogP contribution < -0.4 is 11.1 Å². The molecule has 9 heteroatoms. The van der Waals surface area contributed by atoms with E-state index in [1.54, 1.807) is 0 Å². The average Bonchev–Trinajstić information content (AvgIpc) is 3.16. The fraction of sp³-hybridized carbons (Fsp3) is 0.583. The van der Waals surface area contributed by atoms with Gasteiger partial charge in [0.2, 0.25) is 11.9 Å². The Morgan fingerprint density at radius 2 is 2.14 bits per heavy atom. The van der Waals surface area contributed by atoms with Crippen LogP contribution in [-0.2, 0) is 0 Å². The molecule has 2 aromatic heterocycles. The third kappa shape index (κ3) is 2.29. The van der Waals surface area contributed by atoms with Crippen LogP contribution in [0.25, 0.3) is 5.95 Å².